The molecule has 1 heterocycles. The maximum absolute atomic E-state index is 12.0. The van der Waals surface area contributed by atoms with Crippen molar-refractivity contribution in [2.24, 2.45) is 0 Å². The molecular weight excluding hydrogens is 298 g/mol. The molecule has 0 saturated carbocycles. The van der Waals surface area contributed by atoms with Crippen molar-refractivity contribution in [2.45, 2.75) is 6.10 Å². The molecule has 23 heavy (non-hydrogen) atoms. The van der Waals surface area contributed by atoms with Gasteiger partial charge in [-0.15, -0.1) is 0 Å². The number of hydrogen-bond donors (Lipinski definition) is 3. The summed E-state index contributed by atoms with van der Waals surface area (Å²) in [5, 5.41) is 25.6. The van der Waals surface area contributed by atoms with Crippen molar-refractivity contribution >= 4 is 5.97 Å². The molecular formula is C16H13N3O4. The normalized spacial score (nSPS) is 12.0. The average molecular weight is 311 g/mol. The highest BCUT2D eigenvalue weighted by molar-refractivity contribution is 5.87. The smallest absolute Gasteiger partial charge is 0.348 e. The van der Waals surface area contributed by atoms with Gasteiger partial charge in [0.2, 0.25) is 0 Å². The summed E-state index contributed by atoms with van der Waals surface area (Å²) in [6.45, 7) is 0. The van der Waals surface area contributed by atoms with Gasteiger partial charge in [0.15, 0.2) is 5.82 Å². The Morgan fingerprint density at radius 1 is 1.09 bits per heavy atom. The minimum absolute atomic E-state index is 0.107. The molecule has 3 N–H and O–H groups in total. The van der Waals surface area contributed by atoms with Gasteiger partial charge in [0.1, 0.15) is 6.10 Å². The Kier molecular flexibility index (Phi) is 3.78. The Morgan fingerprint density at radius 3 is 2.35 bits per heavy atom. The summed E-state index contributed by atoms with van der Waals surface area (Å²) in [6.07, 6.45) is -1.09. The minimum Gasteiger partial charge on any atom is -0.478 e. The molecule has 0 fully saturated rings. The molecule has 116 valence electrons. The standard InChI is InChI=1S/C16H13N3O4/c20-13(10-4-2-1-3-5-10)14-17-18-16(23)19(14)12-8-6-11(7-9-12)15(21)22/h1-9,13,20H,(H,18,23)(H,21,22)/t13-/m1/s1. The molecule has 0 aliphatic heterocycles. The number of aromatic carboxylic acids is 1. The van der Waals surface area contributed by atoms with Gasteiger partial charge in [-0.1, -0.05) is 30.3 Å². The first-order chi connectivity index (χ1) is 11.1. The average Bonchev–Trinajstić information content (AvgIpc) is 2.96. The van der Waals surface area contributed by atoms with Gasteiger partial charge in [-0.2, -0.15) is 5.10 Å². The lowest BCUT2D eigenvalue weighted by Crippen LogP contribution is -2.19. The van der Waals surface area contributed by atoms with Gasteiger partial charge in [-0.25, -0.2) is 19.3 Å². The third kappa shape index (κ3) is 2.77. The first-order valence-corrected chi connectivity index (χ1v) is 6.82. The fraction of sp³-hybridized carbons (Fsp3) is 0.0625. The molecule has 0 unspecified atom stereocenters. The summed E-state index contributed by atoms with van der Waals surface area (Å²) in [4.78, 5) is 22.9. The first kappa shape index (κ1) is 14.7. The maximum atomic E-state index is 12.0. The topological polar surface area (TPSA) is 108 Å². The van der Waals surface area contributed by atoms with E-state index in [4.69, 9.17) is 5.11 Å². The molecule has 2 aromatic carbocycles. The molecule has 0 spiro atoms. The second-order valence-electron chi connectivity index (χ2n) is 4.89. The molecule has 3 rings (SSSR count). The number of aromatic amines is 1. The molecule has 7 heteroatoms. The second kappa shape index (κ2) is 5.90. The number of aromatic nitrogens is 3. The Labute approximate surface area is 130 Å². The molecule has 1 atom stereocenters. The van der Waals surface area contributed by atoms with Crippen LogP contribution in [0.1, 0.15) is 27.8 Å². The Morgan fingerprint density at radius 2 is 1.74 bits per heavy atom. The van der Waals surface area contributed by atoms with E-state index in [1.165, 1.54) is 28.8 Å². The number of benzene rings is 2. The molecule has 0 saturated heterocycles. The zero-order valence-electron chi connectivity index (χ0n) is 11.9. The Hall–Kier alpha value is -3.19. The molecule has 0 aliphatic carbocycles. The van der Waals surface area contributed by atoms with E-state index < -0.39 is 17.8 Å². The van der Waals surface area contributed by atoms with Crippen molar-refractivity contribution in [1.29, 1.82) is 0 Å². The number of carbonyl (C=O) groups is 1. The van der Waals surface area contributed by atoms with Crippen LogP contribution in [-0.2, 0) is 0 Å². The molecule has 1 aromatic heterocycles. The van der Waals surface area contributed by atoms with Crippen LogP contribution in [0.3, 0.4) is 0 Å². The lowest BCUT2D eigenvalue weighted by Gasteiger charge is -2.12. The summed E-state index contributed by atoms with van der Waals surface area (Å²) in [6, 6.07) is 14.6. The van der Waals surface area contributed by atoms with Gasteiger partial charge in [0.25, 0.3) is 0 Å². The third-order valence-corrected chi connectivity index (χ3v) is 3.43. The lowest BCUT2D eigenvalue weighted by atomic mass is 10.1. The minimum atomic E-state index is -1.09. The van der Waals surface area contributed by atoms with Crippen molar-refractivity contribution in [3.8, 4) is 5.69 Å². The van der Waals surface area contributed by atoms with Gasteiger partial charge in [0, 0.05) is 0 Å². The lowest BCUT2D eigenvalue weighted by molar-refractivity contribution is 0.0697. The first-order valence-electron chi connectivity index (χ1n) is 6.82. The zero-order valence-corrected chi connectivity index (χ0v) is 11.9. The number of nitrogens with zero attached hydrogens (tertiary/aromatic N) is 2. The fourth-order valence-electron chi connectivity index (χ4n) is 2.28. The van der Waals surface area contributed by atoms with Crippen LogP contribution in [0.4, 0.5) is 0 Å². The largest absolute Gasteiger partial charge is 0.478 e. The number of H-pyrrole nitrogens is 1. The Bertz CT molecular complexity index is 882. The van der Waals surface area contributed by atoms with Crippen LogP contribution >= 0.6 is 0 Å². The van der Waals surface area contributed by atoms with Gasteiger partial charge in [0.05, 0.1) is 11.3 Å². The number of rotatable bonds is 4. The number of aliphatic hydroxyl groups is 1. The van der Waals surface area contributed by atoms with Crippen LogP contribution in [0.5, 0.6) is 0 Å². The number of carboxylic acids is 1. The predicted molar refractivity (Wildman–Crippen MR) is 81.6 cm³/mol. The maximum Gasteiger partial charge on any atom is 0.348 e. The van der Waals surface area contributed by atoms with Crippen molar-refractivity contribution in [1.82, 2.24) is 14.8 Å². The Balaban J connectivity index is 2.05. The molecule has 7 nitrogen and oxygen atoms in total. The summed E-state index contributed by atoms with van der Waals surface area (Å²) < 4.78 is 1.21. The molecule has 0 amide bonds. The highest BCUT2D eigenvalue weighted by Gasteiger charge is 2.20. The van der Waals surface area contributed by atoms with E-state index in [9.17, 15) is 14.7 Å². The fourth-order valence-corrected chi connectivity index (χ4v) is 2.28. The predicted octanol–water partition coefficient (Wildman–Crippen LogP) is 1.34. The van der Waals surface area contributed by atoms with Crippen LogP contribution in [0.25, 0.3) is 5.69 Å². The van der Waals surface area contributed by atoms with Gasteiger partial charge >= 0.3 is 11.7 Å². The van der Waals surface area contributed by atoms with Crippen LogP contribution in [0.15, 0.2) is 59.4 Å². The van der Waals surface area contributed by atoms with Crippen LogP contribution in [0, 0.1) is 0 Å². The quantitative estimate of drug-likeness (QED) is 0.674. The summed E-state index contributed by atoms with van der Waals surface area (Å²) in [5.74, 6) is -0.926. The number of carboxylic acid groups (broad SMARTS) is 1. The third-order valence-electron chi connectivity index (χ3n) is 3.43. The number of nitrogens with one attached hydrogen (secondary N) is 1. The van der Waals surface area contributed by atoms with E-state index in [0.29, 0.717) is 11.3 Å². The van der Waals surface area contributed by atoms with Crippen molar-refractivity contribution in [3.63, 3.8) is 0 Å². The zero-order chi connectivity index (χ0) is 16.4. The van der Waals surface area contributed by atoms with Gasteiger partial charge in [-0.05, 0) is 29.8 Å². The van der Waals surface area contributed by atoms with E-state index >= 15 is 0 Å². The van der Waals surface area contributed by atoms with Crippen molar-refractivity contribution in [3.05, 3.63) is 82.0 Å². The summed E-state index contributed by atoms with van der Waals surface area (Å²) >= 11 is 0. The number of hydrogen-bond acceptors (Lipinski definition) is 4. The highest BCUT2D eigenvalue weighted by atomic mass is 16.4. The molecule has 3 aromatic rings. The van der Waals surface area contributed by atoms with Crippen molar-refractivity contribution < 1.29 is 15.0 Å². The van der Waals surface area contributed by atoms with Gasteiger partial charge < -0.3 is 10.2 Å². The van der Waals surface area contributed by atoms with E-state index in [0.717, 1.165) is 0 Å². The monoisotopic (exact) mass is 311 g/mol. The summed E-state index contributed by atoms with van der Waals surface area (Å²) in [7, 11) is 0. The van der Waals surface area contributed by atoms with E-state index in [1.54, 1.807) is 24.3 Å². The number of aliphatic hydroxyl groups excluding tert-OH is 1. The van der Waals surface area contributed by atoms with Crippen molar-refractivity contribution in [2.75, 3.05) is 0 Å². The molecule has 0 radical (unpaired) electrons. The van der Waals surface area contributed by atoms with Crippen LogP contribution < -0.4 is 5.69 Å². The van der Waals surface area contributed by atoms with E-state index in [1.807, 2.05) is 6.07 Å². The molecule has 0 bridgehead atoms. The second-order valence-corrected chi connectivity index (χ2v) is 4.89. The van der Waals surface area contributed by atoms with Gasteiger partial charge in [-0.3, -0.25) is 0 Å². The summed E-state index contributed by atoms with van der Waals surface area (Å²) in [5.41, 5.74) is 0.599. The SMILES string of the molecule is O=C(O)c1ccc(-n2c([C@H](O)c3ccccc3)n[nH]c2=O)cc1. The van der Waals surface area contributed by atoms with Crippen LogP contribution in [-0.4, -0.2) is 30.9 Å². The van der Waals surface area contributed by atoms with E-state index in [2.05, 4.69) is 10.2 Å². The van der Waals surface area contributed by atoms with E-state index in [-0.39, 0.29) is 11.4 Å². The molecule has 0 aliphatic rings. The van der Waals surface area contributed by atoms with Crippen LogP contribution in [0.2, 0.25) is 0 Å². The highest BCUT2D eigenvalue weighted by Crippen LogP contribution is 2.21.